The molecule has 0 saturated heterocycles. The Morgan fingerprint density at radius 2 is 1.25 bits per heavy atom. The van der Waals surface area contributed by atoms with Crippen molar-refractivity contribution in [3.8, 4) is 5.75 Å². The molecule has 2 heteroatoms. The number of carbonyl (C=O) groups is 1. The number of ether oxygens (including phenoxy) is 1. The van der Waals surface area contributed by atoms with Crippen LogP contribution in [0.25, 0.3) is 32.3 Å². The van der Waals surface area contributed by atoms with E-state index in [9.17, 15) is 4.79 Å². The highest BCUT2D eigenvalue weighted by atomic mass is 16.5. The van der Waals surface area contributed by atoms with Crippen LogP contribution in [0.3, 0.4) is 0 Å². The fourth-order valence-electron chi connectivity index (χ4n) is 3.34. The zero-order chi connectivity index (χ0) is 16.5. The minimum atomic E-state index is -0.179. The average Bonchev–Trinajstić information content (AvgIpc) is 2.62. The molecule has 118 valence electrons. The molecule has 0 aromatic heterocycles. The molecule has 0 unspecified atom stereocenters. The van der Waals surface area contributed by atoms with E-state index in [0.717, 1.165) is 11.8 Å². The lowest BCUT2D eigenvalue weighted by Gasteiger charge is -2.11. The summed E-state index contributed by atoms with van der Waals surface area (Å²) in [7, 11) is 0. The van der Waals surface area contributed by atoms with Gasteiger partial charge in [-0.25, -0.2) is 0 Å². The van der Waals surface area contributed by atoms with E-state index in [1.165, 1.54) is 26.9 Å². The molecule has 0 aliphatic carbocycles. The van der Waals surface area contributed by atoms with E-state index in [-0.39, 0.29) is 5.97 Å². The molecule has 4 rings (SSSR count). The SMILES string of the molecule is CCCC(=O)Oc1ccc2c3ccccc3c3ccccc3c2c1. The maximum absolute atomic E-state index is 11.8. The minimum absolute atomic E-state index is 0.179. The molecular formula is C22H18O2. The summed E-state index contributed by atoms with van der Waals surface area (Å²) >= 11 is 0. The Balaban J connectivity index is 2.01. The van der Waals surface area contributed by atoms with Crippen LogP contribution in [0.1, 0.15) is 19.8 Å². The number of hydrogen-bond donors (Lipinski definition) is 0. The topological polar surface area (TPSA) is 26.3 Å². The Kier molecular flexibility index (Phi) is 3.66. The number of rotatable bonds is 3. The second kappa shape index (κ2) is 5.97. The van der Waals surface area contributed by atoms with Crippen molar-refractivity contribution in [3.63, 3.8) is 0 Å². The molecule has 4 aromatic rings. The van der Waals surface area contributed by atoms with Gasteiger partial charge in [0.25, 0.3) is 0 Å². The van der Waals surface area contributed by atoms with Gasteiger partial charge in [0.05, 0.1) is 0 Å². The largest absolute Gasteiger partial charge is 0.427 e. The zero-order valence-electron chi connectivity index (χ0n) is 13.6. The predicted molar refractivity (Wildman–Crippen MR) is 99.5 cm³/mol. The Bertz CT molecular complexity index is 1030. The van der Waals surface area contributed by atoms with Gasteiger partial charge in [-0.05, 0) is 50.9 Å². The standard InChI is InChI=1S/C22H18O2/c1-2-7-22(23)24-15-12-13-20-18-10-4-3-8-16(18)17-9-5-6-11-19(17)21(20)14-15/h3-6,8-14H,2,7H2,1H3. The molecule has 0 aliphatic heterocycles. The van der Waals surface area contributed by atoms with Gasteiger partial charge in [0.15, 0.2) is 0 Å². The molecular weight excluding hydrogens is 296 g/mol. The van der Waals surface area contributed by atoms with Gasteiger partial charge >= 0.3 is 5.97 Å². The van der Waals surface area contributed by atoms with Crippen LogP contribution in [0.5, 0.6) is 5.75 Å². The van der Waals surface area contributed by atoms with Crippen molar-refractivity contribution in [3.05, 3.63) is 66.7 Å². The third-order valence-corrected chi connectivity index (χ3v) is 4.40. The van der Waals surface area contributed by atoms with Gasteiger partial charge in [0.2, 0.25) is 0 Å². The van der Waals surface area contributed by atoms with Crippen LogP contribution < -0.4 is 4.74 Å². The number of fused-ring (bicyclic) bond motifs is 6. The summed E-state index contributed by atoms with van der Waals surface area (Å²) in [6, 6.07) is 22.7. The van der Waals surface area contributed by atoms with Crippen LogP contribution in [-0.4, -0.2) is 5.97 Å². The highest BCUT2D eigenvalue weighted by Crippen LogP contribution is 2.36. The lowest BCUT2D eigenvalue weighted by Crippen LogP contribution is -2.06. The molecule has 0 spiro atoms. The minimum Gasteiger partial charge on any atom is -0.427 e. The number of benzene rings is 4. The van der Waals surface area contributed by atoms with Crippen LogP contribution in [-0.2, 0) is 4.79 Å². The normalized spacial score (nSPS) is 11.2. The van der Waals surface area contributed by atoms with Crippen molar-refractivity contribution in [2.45, 2.75) is 19.8 Å². The molecule has 2 nitrogen and oxygen atoms in total. The summed E-state index contributed by atoms with van der Waals surface area (Å²) in [4.78, 5) is 11.8. The molecule has 0 bridgehead atoms. The molecule has 0 radical (unpaired) electrons. The zero-order valence-corrected chi connectivity index (χ0v) is 13.6. The molecule has 0 fully saturated rings. The van der Waals surface area contributed by atoms with Crippen molar-refractivity contribution in [1.82, 2.24) is 0 Å². The van der Waals surface area contributed by atoms with Crippen molar-refractivity contribution in [2.75, 3.05) is 0 Å². The summed E-state index contributed by atoms with van der Waals surface area (Å²) in [6.07, 6.45) is 1.23. The van der Waals surface area contributed by atoms with Crippen molar-refractivity contribution in [2.24, 2.45) is 0 Å². The Morgan fingerprint density at radius 1 is 0.750 bits per heavy atom. The van der Waals surface area contributed by atoms with E-state index in [4.69, 9.17) is 4.74 Å². The molecule has 24 heavy (non-hydrogen) atoms. The summed E-state index contributed by atoms with van der Waals surface area (Å²) < 4.78 is 5.48. The first kappa shape index (κ1) is 14.7. The predicted octanol–water partition coefficient (Wildman–Crippen LogP) is 5.85. The number of esters is 1. The highest BCUT2D eigenvalue weighted by molar-refractivity contribution is 6.25. The first-order chi connectivity index (χ1) is 11.8. The number of carbonyl (C=O) groups excluding carboxylic acids is 1. The fourth-order valence-corrected chi connectivity index (χ4v) is 3.34. The lowest BCUT2D eigenvalue weighted by atomic mass is 9.94. The Hall–Kier alpha value is -2.87. The van der Waals surface area contributed by atoms with Crippen LogP contribution in [0.2, 0.25) is 0 Å². The maximum Gasteiger partial charge on any atom is 0.311 e. The first-order valence-electron chi connectivity index (χ1n) is 8.32. The molecule has 0 aliphatic rings. The van der Waals surface area contributed by atoms with Gasteiger partial charge in [-0.15, -0.1) is 0 Å². The third kappa shape index (κ3) is 2.41. The molecule has 0 saturated carbocycles. The summed E-state index contributed by atoms with van der Waals surface area (Å²) in [5, 5.41) is 7.16. The molecule has 4 aromatic carbocycles. The maximum atomic E-state index is 11.8. The van der Waals surface area contributed by atoms with Gasteiger partial charge in [-0.1, -0.05) is 61.5 Å². The van der Waals surface area contributed by atoms with Crippen LogP contribution in [0.4, 0.5) is 0 Å². The monoisotopic (exact) mass is 314 g/mol. The van der Waals surface area contributed by atoms with E-state index in [1.807, 2.05) is 25.1 Å². The first-order valence-corrected chi connectivity index (χ1v) is 8.32. The summed E-state index contributed by atoms with van der Waals surface area (Å²) in [5.41, 5.74) is 0. The molecule has 0 amide bonds. The summed E-state index contributed by atoms with van der Waals surface area (Å²) in [5.74, 6) is 0.434. The van der Waals surface area contributed by atoms with E-state index >= 15 is 0 Å². The van der Waals surface area contributed by atoms with Crippen LogP contribution in [0, 0.1) is 0 Å². The molecule has 0 atom stereocenters. The van der Waals surface area contributed by atoms with Gasteiger partial charge in [-0.2, -0.15) is 0 Å². The van der Waals surface area contributed by atoms with Gasteiger partial charge < -0.3 is 4.74 Å². The van der Waals surface area contributed by atoms with Crippen LogP contribution in [0.15, 0.2) is 66.7 Å². The summed E-state index contributed by atoms with van der Waals surface area (Å²) in [6.45, 7) is 1.97. The van der Waals surface area contributed by atoms with E-state index in [2.05, 4.69) is 48.5 Å². The number of hydrogen-bond acceptors (Lipinski definition) is 2. The smallest absolute Gasteiger partial charge is 0.311 e. The quantitative estimate of drug-likeness (QED) is 0.269. The van der Waals surface area contributed by atoms with Crippen molar-refractivity contribution in [1.29, 1.82) is 0 Å². The molecule has 0 N–H and O–H groups in total. The fraction of sp³-hybridized carbons (Fsp3) is 0.136. The second-order valence-corrected chi connectivity index (χ2v) is 6.02. The molecule has 0 heterocycles. The van der Waals surface area contributed by atoms with Crippen molar-refractivity contribution >= 4 is 38.3 Å². The average molecular weight is 314 g/mol. The Morgan fingerprint density at radius 3 is 1.79 bits per heavy atom. The van der Waals surface area contributed by atoms with Crippen LogP contribution >= 0.6 is 0 Å². The van der Waals surface area contributed by atoms with Gasteiger partial charge in [-0.3, -0.25) is 4.79 Å². The third-order valence-electron chi connectivity index (χ3n) is 4.40. The Labute approximate surface area is 140 Å². The van der Waals surface area contributed by atoms with E-state index in [1.54, 1.807) is 0 Å². The van der Waals surface area contributed by atoms with Crippen molar-refractivity contribution < 1.29 is 9.53 Å². The lowest BCUT2D eigenvalue weighted by molar-refractivity contribution is -0.134. The highest BCUT2D eigenvalue weighted by Gasteiger charge is 2.10. The second-order valence-electron chi connectivity index (χ2n) is 6.02. The van der Waals surface area contributed by atoms with Gasteiger partial charge in [0, 0.05) is 6.42 Å². The van der Waals surface area contributed by atoms with E-state index in [0.29, 0.717) is 12.2 Å². The van der Waals surface area contributed by atoms with E-state index < -0.39 is 0 Å². The van der Waals surface area contributed by atoms with Gasteiger partial charge in [0.1, 0.15) is 5.75 Å².